The third-order valence-corrected chi connectivity index (χ3v) is 6.82. The normalized spacial score (nSPS) is 16.1. The smallest absolute Gasteiger partial charge is 0.222 e. The average Bonchev–Trinajstić information content (AvgIpc) is 3.05. The van der Waals surface area contributed by atoms with Gasteiger partial charge in [-0.15, -0.1) is 0 Å². The number of hydrogen-bond acceptors (Lipinski definition) is 3. The van der Waals surface area contributed by atoms with E-state index in [1.54, 1.807) is 0 Å². The molecule has 0 radical (unpaired) electrons. The number of rotatable bonds is 8. The molecular weight excluding hydrogens is 362 g/mol. The molecule has 2 aromatic rings. The van der Waals surface area contributed by atoms with Crippen molar-refractivity contribution in [2.75, 3.05) is 18.8 Å². The van der Waals surface area contributed by atoms with Gasteiger partial charge in [0.25, 0.3) is 0 Å². The number of benzene rings is 1. The van der Waals surface area contributed by atoms with E-state index in [0.717, 1.165) is 18.4 Å². The van der Waals surface area contributed by atoms with E-state index in [1.807, 2.05) is 30.2 Å². The van der Waals surface area contributed by atoms with Gasteiger partial charge in [0, 0.05) is 42.7 Å². The molecule has 0 saturated carbocycles. The lowest BCUT2D eigenvalue weighted by Crippen LogP contribution is -2.46. The van der Waals surface area contributed by atoms with Gasteiger partial charge in [0.1, 0.15) is 0 Å². The van der Waals surface area contributed by atoms with Gasteiger partial charge in [0.15, 0.2) is 0 Å². The largest absolute Gasteiger partial charge is 0.361 e. The molecule has 7 heteroatoms. The van der Waals surface area contributed by atoms with Gasteiger partial charge in [-0.2, -0.15) is 0 Å². The van der Waals surface area contributed by atoms with Gasteiger partial charge in [0.05, 0.1) is 5.75 Å². The number of hydrogen-bond donors (Lipinski definition) is 2. The highest BCUT2D eigenvalue weighted by Crippen LogP contribution is 2.20. The number of nitrogens with one attached hydrogen (secondary N) is 2. The molecule has 2 heterocycles. The first-order valence-corrected chi connectivity index (χ1v) is 11.5. The number of carbonyl (C=O) groups excluding carboxylic acids is 1. The van der Waals surface area contributed by atoms with Gasteiger partial charge < -0.3 is 9.88 Å². The highest BCUT2D eigenvalue weighted by atomic mass is 32.2. The highest BCUT2D eigenvalue weighted by molar-refractivity contribution is 7.89. The van der Waals surface area contributed by atoms with Crippen molar-refractivity contribution in [1.82, 2.24) is 14.6 Å². The maximum absolute atomic E-state index is 12.5. The number of amides is 1. The first-order valence-electron chi connectivity index (χ1n) is 9.81. The van der Waals surface area contributed by atoms with Crippen LogP contribution in [-0.2, 0) is 21.2 Å². The second kappa shape index (κ2) is 8.89. The Hall–Kier alpha value is -1.86. The third-order valence-electron chi connectivity index (χ3n) is 5.18. The Morgan fingerprint density at radius 1 is 1.26 bits per heavy atom. The molecule has 1 amide bonds. The quantitative estimate of drug-likeness (QED) is 0.726. The van der Waals surface area contributed by atoms with Crippen LogP contribution < -0.4 is 4.72 Å². The molecule has 1 saturated heterocycles. The molecule has 0 bridgehead atoms. The van der Waals surface area contributed by atoms with E-state index in [4.69, 9.17) is 0 Å². The zero-order chi connectivity index (χ0) is 19.3. The molecule has 0 unspecified atom stereocenters. The average molecular weight is 392 g/mol. The number of para-hydroxylation sites is 1. The van der Waals surface area contributed by atoms with Crippen LogP contribution in [0.2, 0.25) is 0 Å². The number of nitrogens with zero attached hydrogens (tertiary/aromatic N) is 1. The Balaban J connectivity index is 1.42. The highest BCUT2D eigenvalue weighted by Gasteiger charge is 2.25. The maximum Gasteiger partial charge on any atom is 0.222 e. The molecular formula is C20H29N3O3S. The van der Waals surface area contributed by atoms with E-state index < -0.39 is 10.0 Å². The van der Waals surface area contributed by atoms with E-state index in [9.17, 15) is 13.2 Å². The number of aromatic amines is 1. The molecule has 1 aliphatic heterocycles. The fourth-order valence-corrected chi connectivity index (χ4v) is 5.15. The summed E-state index contributed by atoms with van der Waals surface area (Å²) >= 11 is 0. The molecule has 1 aliphatic rings. The number of H-pyrrole nitrogens is 1. The van der Waals surface area contributed by atoms with Crippen LogP contribution in [0.25, 0.3) is 10.9 Å². The molecule has 1 fully saturated rings. The first kappa shape index (κ1) is 19.9. The van der Waals surface area contributed by atoms with Gasteiger partial charge in [-0.1, -0.05) is 25.1 Å². The van der Waals surface area contributed by atoms with E-state index >= 15 is 0 Å². The van der Waals surface area contributed by atoms with Crippen molar-refractivity contribution in [3.8, 4) is 0 Å². The lowest BCUT2D eigenvalue weighted by molar-refractivity contribution is -0.132. The zero-order valence-corrected chi connectivity index (χ0v) is 16.7. The molecule has 0 atom stereocenters. The molecule has 6 nitrogen and oxygen atoms in total. The fraction of sp³-hybridized carbons (Fsp3) is 0.550. The summed E-state index contributed by atoms with van der Waals surface area (Å²) in [4.78, 5) is 17.6. The van der Waals surface area contributed by atoms with Crippen molar-refractivity contribution >= 4 is 26.8 Å². The minimum atomic E-state index is -3.18. The summed E-state index contributed by atoms with van der Waals surface area (Å²) in [6.07, 6.45) is 6.26. The Morgan fingerprint density at radius 3 is 2.74 bits per heavy atom. The van der Waals surface area contributed by atoms with E-state index in [0.29, 0.717) is 38.8 Å². The number of sulfonamides is 1. The zero-order valence-electron chi connectivity index (χ0n) is 15.9. The summed E-state index contributed by atoms with van der Waals surface area (Å²) in [6, 6.07) is 8.16. The van der Waals surface area contributed by atoms with Crippen molar-refractivity contribution in [2.45, 2.75) is 51.5 Å². The molecule has 0 spiro atoms. The number of aryl methyl sites for hydroxylation is 1. The van der Waals surface area contributed by atoms with Crippen LogP contribution in [0.1, 0.15) is 44.6 Å². The number of likely N-dealkylation sites (tertiary alicyclic amines) is 1. The van der Waals surface area contributed by atoms with E-state index in [2.05, 4.69) is 21.8 Å². The van der Waals surface area contributed by atoms with Crippen molar-refractivity contribution in [3.05, 3.63) is 36.0 Å². The third kappa shape index (κ3) is 5.32. The molecule has 1 aromatic heterocycles. The van der Waals surface area contributed by atoms with Gasteiger partial charge in [-0.25, -0.2) is 13.1 Å². The van der Waals surface area contributed by atoms with E-state index in [-0.39, 0.29) is 17.7 Å². The van der Waals surface area contributed by atoms with Crippen LogP contribution in [0.15, 0.2) is 30.5 Å². The Kier molecular flexibility index (Phi) is 6.55. The molecule has 148 valence electrons. The molecule has 2 N–H and O–H groups in total. The number of aromatic nitrogens is 1. The summed E-state index contributed by atoms with van der Waals surface area (Å²) < 4.78 is 26.5. The van der Waals surface area contributed by atoms with Crippen LogP contribution in [0.4, 0.5) is 0 Å². The second-order valence-electron chi connectivity index (χ2n) is 7.30. The summed E-state index contributed by atoms with van der Waals surface area (Å²) in [5, 5.41) is 1.23. The van der Waals surface area contributed by atoms with Crippen LogP contribution in [-0.4, -0.2) is 49.1 Å². The minimum Gasteiger partial charge on any atom is -0.361 e. The van der Waals surface area contributed by atoms with Crippen LogP contribution in [0, 0.1) is 0 Å². The standard InChI is InChI=1S/C20H29N3O3S/c1-2-14-27(25,26)22-17-10-12-23(13-11-17)20(24)9-5-6-16-15-21-19-8-4-3-7-18(16)19/h3-4,7-8,15,17,21-22H,2,5-6,9-14H2,1H3. The van der Waals surface area contributed by atoms with Crippen LogP contribution >= 0.6 is 0 Å². The molecule has 3 rings (SSSR count). The minimum absolute atomic E-state index is 0.0446. The summed E-state index contributed by atoms with van der Waals surface area (Å²) in [6.45, 7) is 3.12. The van der Waals surface area contributed by atoms with Crippen molar-refractivity contribution in [3.63, 3.8) is 0 Å². The van der Waals surface area contributed by atoms with Crippen molar-refractivity contribution < 1.29 is 13.2 Å². The Labute approximate surface area is 161 Å². The molecule has 27 heavy (non-hydrogen) atoms. The van der Waals surface area contributed by atoms with Crippen molar-refractivity contribution in [2.24, 2.45) is 0 Å². The Bertz CT molecular complexity index is 867. The lowest BCUT2D eigenvalue weighted by atomic mass is 10.0. The van der Waals surface area contributed by atoms with Crippen LogP contribution in [0.5, 0.6) is 0 Å². The number of carbonyl (C=O) groups is 1. The second-order valence-corrected chi connectivity index (χ2v) is 9.18. The predicted octanol–water partition coefficient (Wildman–Crippen LogP) is 2.81. The van der Waals surface area contributed by atoms with Gasteiger partial charge in [0.2, 0.25) is 15.9 Å². The number of piperidine rings is 1. The Morgan fingerprint density at radius 2 is 2.00 bits per heavy atom. The van der Waals surface area contributed by atoms with Gasteiger partial charge in [-0.05, 0) is 43.7 Å². The van der Waals surface area contributed by atoms with Crippen LogP contribution in [0.3, 0.4) is 0 Å². The van der Waals surface area contributed by atoms with E-state index in [1.165, 1.54) is 10.9 Å². The lowest BCUT2D eigenvalue weighted by Gasteiger charge is -2.32. The predicted molar refractivity (Wildman–Crippen MR) is 108 cm³/mol. The summed E-state index contributed by atoms with van der Waals surface area (Å²) in [5.41, 5.74) is 2.38. The number of fused-ring (bicyclic) bond motifs is 1. The summed E-state index contributed by atoms with van der Waals surface area (Å²) in [7, 11) is -3.18. The monoisotopic (exact) mass is 391 g/mol. The molecule has 1 aromatic carbocycles. The first-order chi connectivity index (χ1) is 13.0. The van der Waals surface area contributed by atoms with Gasteiger partial charge in [-0.3, -0.25) is 4.79 Å². The topological polar surface area (TPSA) is 82.3 Å². The fourth-order valence-electron chi connectivity index (χ4n) is 3.75. The SMILES string of the molecule is CCCS(=O)(=O)NC1CCN(C(=O)CCCc2c[nH]c3ccccc23)CC1. The summed E-state index contributed by atoms with van der Waals surface area (Å²) in [5.74, 6) is 0.338. The maximum atomic E-state index is 12.5. The van der Waals surface area contributed by atoms with Crippen molar-refractivity contribution in [1.29, 1.82) is 0 Å². The van der Waals surface area contributed by atoms with Gasteiger partial charge >= 0.3 is 0 Å². The molecule has 0 aliphatic carbocycles.